The van der Waals surface area contributed by atoms with Gasteiger partial charge in [-0.25, -0.2) is 4.79 Å². The first kappa shape index (κ1) is 17.8. The Hall–Kier alpha value is -1.54. The highest BCUT2D eigenvalue weighted by Gasteiger charge is 2.24. The largest absolute Gasteiger partial charge is 0.490 e. The van der Waals surface area contributed by atoms with Crippen molar-refractivity contribution in [2.75, 3.05) is 13.2 Å². The van der Waals surface area contributed by atoms with E-state index in [9.17, 15) is 9.59 Å². The van der Waals surface area contributed by atoms with E-state index < -0.39 is 11.9 Å². The second-order valence-corrected chi connectivity index (χ2v) is 6.25. The molecule has 6 nitrogen and oxygen atoms in total. The Morgan fingerprint density at radius 3 is 2.43 bits per heavy atom. The van der Waals surface area contributed by atoms with Crippen LogP contribution in [0.3, 0.4) is 0 Å². The maximum atomic E-state index is 11.7. The van der Waals surface area contributed by atoms with Crippen molar-refractivity contribution in [1.29, 1.82) is 0 Å². The van der Waals surface area contributed by atoms with Gasteiger partial charge in [0.2, 0.25) is 0 Å². The van der Waals surface area contributed by atoms with Gasteiger partial charge >= 0.3 is 6.03 Å². The molecule has 1 aromatic rings. The van der Waals surface area contributed by atoms with Crippen LogP contribution in [0.4, 0.5) is 4.79 Å². The van der Waals surface area contributed by atoms with Crippen LogP contribution in [0.2, 0.25) is 0 Å². The normalized spacial score (nSPS) is 15.6. The molecule has 0 atom stereocenters. The summed E-state index contributed by atoms with van der Waals surface area (Å²) in [6, 6.07) is 1.22. The van der Waals surface area contributed by atoms with Gasteiger partial charge in [-0.15, -0.1) is 0 Å². The molecular formula is C15H16Br2N2O4. The highest BCUT2D eigenvalue weighted by atomic mass is 79.9. The van der Waals surface area contributed by atoms with Crippen molar-refractivity contribution in [2.45, 2.75) is 20.3 Å². The lowest BCUT2D eigenvalue weighted by Gasteiger charge is -2.16. The molecule has 0 aromatic heterocycles. The minimum absolute atomic E-state index is 0.173. The Morgan fingerprint density at radius 2 is 1.87 bits per heavy atom. The fourth-order valence-corrected chi connectivity index (χ4v) is 2.90. The summed E-state index contributed by atoms with van der Waals surface area (Å²) < 4.78 is 12.8. The van der Waals surface area contributed by atoms with E-state index in [4.69, 9.17) is 9.47 Å². The molecule has 1 saturated heterocycles. The van der Waals surface area contributed by atoms with Gasteiger partial charge in [-0.2, -0.15) is 0 Å². The third kappa shape index (κ3) is 4.06. The average Bonchev–Trinajstić information content (AvgIpc) is 2.82. The molecule has 1 fully saturated rings. The molecule has 1 aromatic carbocycles. The van der Waals surface area contributed by atoms with Crippen molar-refractivity contribution in [3.63, 3.8) is 0 Å². The van der Waals surface area contributed by atoms with Crippen LogP contribution >= 0.6 is 31.9 Å². The smallest absolute Gasteiger partial charge is 0.326 e. The zero-order valence-corrected chi connectivity index (χ0v) is 15.8. The lowest BCUT2D eigenvalue weighted by Crippen LogP contribution is -2.22. The molecule has 0 bridgehead atoms. The number of urea groups is 1. The first-order valence-corrected chi connectivity index (χ1v) is 8.68. The Morgan fingerprint density at radius 1 is 1.13 bits per heavy atom. The van der Waals surface area contributed by atoms with Crippen molar-refractivity contribution < 1.29 is 19.1 Å². The lowest BCUT2D eigenvalue weighted by molar-refractivity contribution is -0.115. The maximum absolute atomic E-state index is 11.7. The number of hydrogen-bond donors (Lipinski definition) is 2. The first-order chi connectivity index (χ1) is 11.0. The molecule has 1 heterocycles. The minimum Gasteiger partial charge on any atom is -0.490 e. The highest BCUT2D eigenvalue weighted by molar-refractivity contribution is 9.13. The Kier molecular flexibility index (Phi) is 6.06. The number of amides is 3. The third-order valence-corrected chi connectivity index (χ3v) is 5.07. The summed E-state index contributed by atoms with van der Waals surface area (Å²) in [5, 5.41) is 4.61. The summed E-state index contributed by atoms with van der Waals surface area (Å²) in [5.41, 5.74) is 0.851. The molecular weight excluding hydrogens is 432 g/mol. The number of ether oxygens (including phenoxy) is 2. The summed E-state index contributed by atoms with van der Waals surface area (Å²) in [6.45, 7) is 4.93. The van der Waals surface area contributed by atoms with Crippen molar-refractivity contribution in [3.05, 3.63) is 26.3 Å². The number of rotatable bonds is 6. The molecule has 0 spiro atoms. The maximum Gasteiger partial charge on any atom is 0.326 e. The van der Waals surface area contributed by atoms with E-state index in [0.29, 0.717) is 39.2 Å². The average molecular weight is 448 g/mol. The van der Waals surface area contributed by atoms with E-state index in [0.717, 1.165) is 6.42 Å². The number of carbonyl (C=O) groups excluding carboxylic acids is 2. The number of carbonyl (C=O) groups is 2. The molecule has 0 radical (unpaired) electrons. The zero-order chi connectivity index (χ0) is 17.0. The van der Waals surface area contributed by atoms with E-state index >= 15 is 0 Å². The molecule has 23 heavy (non-hydrogen) atoms. The molecule has 1 aliphatic heterocycles. The summed E-state index contributed by atoms with van der Waals surface area (Å²) >= 11 is 6.97. The SMILES string of the molecule is CCCOc1c(OCC)cc(/C=C2/NC(=O)NC2=O)c(Br)c1Br. The van der Waals surface area contributed by atoms with Crippen LogP contribution in [-0.2, 0) is 4.79 Å². The fourth-order valence-electron chi connectivity index (χ4n) is 1.95. The summed E-state index contributed by atoms with van der Waals surface area (Å²) in [5.74, 6) is 0.692. The van der Waals surface area contributed by atoms with Gasteiger partial charge < -0.3 is 14.8 Å². The lowest BCUT2D eigenvalue weighted by atomic mass is 10.1. The molecule has 8 heteroatoms. The van der Waals surface area contributed by atoms with Crippen molar-refractivity contribution >= 4 is 49.9 Å². The molecule has 2 rings (SSSR count). The Balaban J connectivity index is 2.46. The summed E-state index contributed by atoms with van der Waals surface area (Å²) in [7, 11) is 0. The second kappa shape index (κ2) is 7.83. The minimum atomic E-state index is -0.538. The van der Waals surface area contributed by atoms with Gasteiger partial charge in [0.25, 0.3) is 5.91 Å². The van der Waals surface area contributed by atoms with Crippen LogP contribution in [0.15, 0.2) is 20.7 Å². The van der Waals surface area contributed by atoms with Crippen molar-refractivity contribution in [3.8, 4) is 11.5 Å². The summed E-state index contributed by atoms with van der Waals surface area (Å²) in [4.78, 5) is 22.9. The van der Waals surface area contributed by atoms with Crippen molar-refractivity contribution in [2.24, 2.45) is 0 Å². The Labute approximate surface area is 150 Å². The van der Waals surface area contributed by atoms with E-state index in [2.05, 4.69) is 42.5 Å². The van der Waals surface area contributed by atoms with Gasteiger partial charge in [-0.3, -0.25) is 10.1 Å². The van der Waals surface area contributed by atoms with Gasteiger partial charge in [0, 0.05) is 4.47 Å². The predicted octanol–water partition coefficient (Wildman–Crippen LogP) is 3.58. The van der Waals surface area contributed by atoms with Crippen LogP contribution < -0.4 is 20.1 Å². The molecule has 0 unspecified atom stereocenters. The molecule has 3 amide bonds. The van der Waals surface area contributed by atoms with Gasteiger partial charge in [0.05, 0.1) is 17.7 Å². The highest BCUT2D eigenvalue weighted by Crippen LogP contribution is 2.43. The monoisotopic (exact) mass is 446 g/mol. The van der Waals surface area contributed by atoms with E-state index in [1.165, 1.54) is 0 Å². The fraction of sp³-hybridized carbons (Fsp3) is 0.333. The van der Waals surface area contributed by atoms with E-state index in [1.807, 2.05) is 13.8 Å². The molecule has 1 aliphatic rings. The molecule has 0 saturated carbocycles. The van der Waals surface area contributed by atoms with Gasteiger partial charge in [0.1, 0.15) is 5.70 Å². The van der Waals surface area contributed by atoms with E-state index in [1.54, 1.807) is 12.1 Å². The van der Waals surface area contributed by atoms with Gasteiger partial charge in [-0.1, -0.05) is 6.92 Å². The third-order valence-electron chi connectivity index (χ3n) is 2.93. The number of benzene rings is 1. The number of halogens is 2. The molecule has 2 N–H and O–H groups in total. The van der Waals surface area contributed by atoms with Crippen LogP contribution in [0.5, 0.6) is 11.5 Å². The number of nitrogens with one attached hydrogen (secondary N) is 2. The topological polar surface area (TPSA) is 76.7 Å². The standard InChI is InChI=1S/C15H16Br2N2O4/c1-3-5-23-13-10(22-4-2)7-8(11(16)12(13)17)6-9-14(20)19-15(21)18-9/h6-7H,3-5H2,1-2H3,(H2,18,19,20,21)/b9-6+. The quantitative estimate of drug-likeness (QED) is 0.516. The van der Waals surface area contributed by atoms with Crippen LogP contribution in [0, 0.1) is 0 Å². The predicted molar refractivity (Wildman–Crippen MR) is 93.4 cm³/mol. The zero-order valence-electron chi connectivity index (χ0n) is 12.7. The van der Waals surface area contributed by atoms with Crippen LogP contribution in [0.1, 0.15) is 25.8 Å². The molecule has 0 aliphatic carbocycles. The molecule has 124 valence electrons. The number of imide groups is 1. The van der Waals surface area contributed by atoms with Gasteiger partial charge in [0.15, 0.2) is 11.5 Å². The van der Waals surface area contributed by atoms with Crippen LogP contribution in [0.25, 0.3) is 6.08 Å². The van der Waals surface area contributed by atoms with Gasteiger partial charge in [-0.05, 0) is 62.9 Å². The van der Waals surface area contributed by atoms with Crippen molar-refractivity contribution in [1.82, 2.24) is 10.6 Å². The second-order valence-electron chi connectivity index (χ2n) is 4.67. The summed E-state index contributed by atoms with van der Waals surface area (Å²) in [6.07, 6.45) is 2.44. The Bertz CT molecular complexity index is 674. The first-order valence-electron chi connectivity index (χ1n) is 7.09. The van der Waals surface area contributed by atoms with Crippen LogP contribution in [-0.4, -0.2) is 25.2 Å². The van der Waals surface area contributed by atoms with E-state index in [-0.39, 0.29) is 5.70 Å². The number of hydrogen-bond acceptors (Lipinski definition) is 4.